The molecule has 0 spiro atoms. The monoisotopic (exact) mass is 308 g/mol. The molecule has 21 heavy (non-hydrogen) atoms. The molecule has 2 aliphatic carbocycles. The van der Waals surface area contributed by atoms with Gasteiger partial charge in [-0.1, -0.05) is 25.3 Å². The van der Waals surface area contributed by atoms with E-state index in [2.05, 4.69) is 0 Å². The summed E-state index contributed by atoms with van der Waals surface area (Å²) in [5, 5.41) is 13.1. The summed E-state index contributed by atoms with van der Waals surface area (Å²) in [6.07, 6.45) is 9.36. The van der Waals surface area contributed by atoms with Gasteiger partial charge in [-0.15, -0.1) is 11.3 Å². The summed E-state index contributed by atoms with van der Waals surface area (Å²) in [5.41, 5.74) is -1.43. The van der Waals surface area contributed by atoms with E-state index in [1.165, 1.54) is 17.8 Å². The van der Waals surface area contributed by atoms with Gasteiger partial charge < -0.3 is 9.84 Å². The van der Waals surface area contributed by atoms with Gasteiger partial charge in [-0.3, -0.25) is 0 Å². The van der Waals surface area contributed by atoms with Crippen LogP contribution in [0.3, 0.4) is 0 Å². The fraction of sp³-hybridized carbons (Fsp3) is 0.706. The Morgan fingerprint density at radius 3 is 2.43 bits per heavy atom. The third-order valence-corrected chi connectivity index (χ3v) is 5.97. The van der Waals surface area contributed by atoms with Crippen LogP contribution in [-0.4, -0.2) is 17.2 Å². The Bertz CT molecular complexity index is 458. The zero-order valence-electron chi connectivity index (χ0n) is 12.4. The van der Waals surface area contributed by atoms with Crippen molar-refractivity contribution in [2.24, 2.45) is 5.92 Å². The number of carbonyl (C=O) groups is 1. The van der Waals surface area contributed by atoms with Crippen LogP contribution in [-0.2, 0) is 15.1 Å². The van der Waals surface area contributed by atoms with E-state index < -0.39 is 11.6 Å². The largest absolute Gasteiger partial charge is 0.460 e. The molecule has 0 amide bonds. The second-order valence-corrected chi connectivity index (χ2v) is 7.34. The fourth-order valence-electron chi connectivity index (χ4n) is 3.73. The highest BCUT2D eigenvalue weighted by atomic mass is 32.1. The van der Waals surface area contributed by atoms with Gasteiger partial charge in [0.1, 0.15) is 6.10 Å². The van der Waals surface area contributed by atoms with Crippen molar-refractivity contribution in [1.82, 2.24) is 0 Å². The van der Waals surface area contributed by atoms with E-state index in [1.807, 2.05) is 17.5 Å². The standard InChI is InChI=1S/C17H24O3S/c18-16(20-14-9-2-1-3-10-14)17(19,13-7-4-5-8-13)15-11-6-12-21-15/h6,11-14,19H,1-5,7-10H2. The normalized spacial score (nSPS) is 23.9. The highest BCUT2D eigenvalue weighted by molar-refractivity contribution is 7.10. The van der Waals surface area contributed by atoms with E-state index in [9.17, 15) is 9.90 Å². The second kappa shape index (κ2) is 6.49. The summed E-state index contributed by atoms with van der Waals surface area (Å²) in [6.45, 7) is 0. The molecule has 1 unspecified atom stereocenters. The van der Waals surface area contributed by atoms with Crippen molar-refractivity contribution in [3.8, 4) is 0 Å². The first-order valence-corrected chi connectivity index (χ1v) is 9.06. The predicted molar refractivity (Wildman–Crippen MR) is 83.1 cm³/mol. The van der Waals surface area contributed by atoms with Crippen molar-refractivity contribution >= 4 is 17.3 Å². The van der Waals surface area contributed by atoms with Crippen LogP contribution in [0.1, 0.15) is 62.7 Å². The number of hydrogen-bond donors (Lipinski definition) is 1. The van der Waals surface area contributed by atoms with Crippen molar-refractivity contribution in [3.63, 3.8) is 0 Å². The SMILES string of the molecule is O=C(OC1CCCCC1)C(O)(c1cccs1)C1CCCC1. The number of carbonyl (C=O) groups excluding carboxylic acids is 1. The third-order valence-electron chi connectivity index (χ3n) is 4.98. The average molecular weight is 308 g/mol. The minimum atomic E-state index is -1.43. The topological polar surface area (TPSA) is 46.5 Å². The van der Waals surface area contributed by atoms with E-state index in [0.29, 0.717) is 0 Å². The molecule has 1 aromatic heterocycles. The lowest BCUT2D eigenvalue weighted by Crippen LogP contribution is -2.44. The molecule has 1 atom stereocenters. The van der Waals surface area contributed by atoms with Crippen LogP contribution < -0.4 is 0 Å². The molecule has 4 heteroatoms. The Kier molecular flexibility index (Phi) is 4.65. The molecule has 2 fully saturated rings. The summed E-state index contributed by atoms with van der Waals surface area (Å²) in [6, 6.07) is 3.76. The van der Waals surface area contributed by atoms with Crippen LogP contribution in [0.15, 0.2) is 17.5 Å². The van der Waals surface area contributed by atoms with Crippen molar-refractivity contribution in [2.45, 2.75) is 69.5 Å². The third kappa shape index (κ3) is 3.02. The number of ether oxygens (including phenoxy) is 1. The summed E-state index contributed by atoms with van der Waals surface area (Å²) < 4.78 is 5.71. The van der Waals surface area contributed by atoms with Crippen molar-refractivity contribution in [2.75, 3.05) is 0 Å². The van der Waals surface area contributed by atoms with Gasteiger partial charge in [0.15, 0.2) is 5.60 Å². The molecular weight excluding hydrogens is 284 g/mol. The molecule has 0 radical (unpaired) electrons. The molecule has 116 valence electrons. The summed E-state index contributed by atoms with van der Waals surface area (Å²) in [5.74, 6) is -0.406. The number of rotatable bonds is 4. The molecule has 1 heterocycles. The molecule has 3 rings (SSSR count). The number of hydrogen-bond acceptors (Lipinski definition) is 4. The molecule has 3 nitrogen and oxygen atoms in total. The molecule has 0 aromatic carbocycles. The minimum absolute atomic E-state index is 0.000796. The van der Waals surface area contributed by atoms with Crippen molar-refractivity contribution < 1.29 is 14.6 Å². The Morgan fingerprint density at radius 1 is 1.14 bits per heavy atom. The number of esters is 1. The zero-order valence-corrected chi connectivity index (χ0v) is 13.2. The van der Waals surface area contributed by atoms with Crippen molar-refractivity contribution in [3.05, 3.63) is 22.4 Å². The lowest BCUT2D eigenvalue weighted by molar-refractivity contribution is -0.180. The van der Waals surface area contributed by atoms with Gasteiger partial charge in [-0.2, -0.15) is 0 Å². The maximum atomic E-state index is 12.8. The highest BCUT2D eigenvalue weighted by Gasteiger charge is 2.49. The second-order valence-electron chi connectivity index (χ2n) is 6.39. The van der Waals surface area contributed by atoms with Crippen LogP contribution >= 0.6 is 11.3 Å². The molecule has 1 aromatic rings. The Morgan fingerprint density at radius 2 is 1.81 bits per heavy atom. The summed E-state index contributed by atoms with van der Waals surface area (Å²) in [4.78, 5) is 13.5. The van der Waals surface area contributed by atoms with Gasteiger partial charge >= 0.3 is 5.97 Å². The van der Waals surface area contributed by atoms with Gasteiger partial charge in [-0.25, -0.2) is 4.79 Å². The van der Waals surface area contributed by atoms with Crippen molar-refractivity contribution in [1.29, 1.82) is 0 Å². The van der Waals surface area contributed by atoms with Crippen LogP contribution in [0.5, 0.6) is 0 Å². The first kappa shape index (κ1) is 15.0. The molecular formula is C17H24O3S. The Labute approximate surface area is 130 Å². The summed E-state index contributed by atoms with van der Waals surface area (Å²) in [7, 11) is 0. The molecule has 1 N–H and O–H groups in total. The first-order valence-electron chi connectivity index (χ1n) is 8.18. The molecule has 0 aliphatic heterocycles. The van der Waals surface area contributed by atoms with E-state index in [-0.39, 0.29) is 12.0 Å². The van der Waals surface area contributed by atoms with Gasteiger partial charge in [0.05, 0.1) is 0 Å². The van der Waals surface area contributed by atoms with Gasteiger partial charge in [0.25, 0.3) is 0 Å². The Hall–Kier alpha value is -0.870. The van der Waals surface area contributed by atoms with Crippen LogP contribution in [0.2, 0.25) is 0 Å². The maximum Gasteiger partial charge on any atom is 0.344 e. The molecule has 2 saturated carbocycles. The lowest BCUT2D eigenvalue weighted by atomic mass is 9.84. The van der Waals surface area contributed by atoms with Gasteiger partial charge in [0, 0.05) is 10.8 Å². The summed E-state index contributed by atoms with van der Waals surface area (Å²) >= 11 is 1.46. The van der Waals surface area contributed by atoms with E-state index >= 15 is 0 Å². The Balaban J connectivity index is 1.79. The predicted octanol–water partition coefficient (Wildman–Crippen LogP) is 4.00. The quantitative estimate of drug-likeness (QED) is 0.855. The first-order chi connectivity index (χ1) is 10.2. The smallest absolute Gasteiger partial charge is 0.344 e. The lowest BCUT2D eigenvalue weighted by Gasteiger charge is -2.33. The number of aliphatic hydroxyl groups is 1. The van der Waals surface area contributed by atoms with E-state index in [0.717, 1.165) is 56.2 Å². The average Bonchev–Trinajstić information content (AvgIpc) is 3.21. The molecule has 0 saturated heterocycles. The highest BCUT2D eigenvalue weighted by Crippen LogP contribution is 2.43. The van der Waals surface area contributed by atoms with E-state index in [4.69, 9.17) is 4.74 Å². The number of thiophene rings is 1. The van der Waals surface area contributed by atoms with Crippen LogP contribution in [0.4, 0.5) is 0 Å². The van der Waals surface area contributed by atoms with Gasteiger partial charge in [0.2, 0.25) is 0 Å². The fourth-order valence-corrected chi connectivity index (χ4v) is 4.62. The van der Waals surface area contributed by atoms with E-state index in [1.54, 1.807) is 0 Å². The molecule has 2 aliphatic rings. The minimum Gasteiger partial charge on any atom is -0.460 e. The van der Waals surface area contributed by atoms with Crippen LogP contribution in [0, 0.1) is 5.92 Å². The molecule has 0 bridgehead atoms. The zero-order chi connectivity index (χ0) is 14.7. The van der Waals surface area contributed by atoms with Crippen LogP contribution in [0.25, 0.3) is 0 Å². The maximum absolute atomic E-state index is 12.8. The van der Waals surface area contributed by atoms with Gasteiger partial charge in [-0.05, 0) is 50.0 Å².